The summed E-state index contributed by atoms with van der Waals surface area (Å²) < 4.78 is 0. The average molecular weight is 286 g/mol. The topological polar surface area (TPSA) is 44.0 Å². The molecule has 1 aromatic carbocycles. The maximum atomic E-state index is 4.72. The summed E-state index contributed by atoms with van der Waals surface area (Å²) in [6.07, 6.45) is 2.65. The Balaban J connectivity index is 1.68. The fourth-order valence-electron chi connectivity index (χ4n) is 3.14. The zero-order valence-corrected chi connectivity index (χ0v) is 13.1. The number of rotatable bonds is 5. The highest BCUT2D eigenvalue weighted by Crippen LogP contribution is 2.17. The SMILES string of the molecule is CC(C)N(Cc1nc2ccccc2[nH]1)CC1CCCNC1. The van der Waals surface area contributed by atoms with Crippen LogP contribution in [0.3, 0.4) is 0 Å². The van der Waals surface area contributed by atoms with Gasteiger partial charge in [0, 0.05) is 12.6 Å². The van der Waals surface area contributed by atoms with Crippen molar-refractivity contribution < 1.29 is 0 Å². The molecule has 0 aliphatic carbocycles. The molecule has 0 bridgehead atoms. The summed E-state index contributed by atoms with van der Waals surface area (Å²) in [4.78, 5) is 10.7. The molecule has 0 saturated carbocycles. The molecule has 1 aliphatic heterocycles. The monoisotopic (exact) mass is 286 g/mol. The van der Waals surface area contributed by atoms with Crippen LogP contribution in [0.25, 0.3) is 11.0 Å². The minimum absolute atomic E-state index is 0.542. The maximum absolute atomic E-state index is 4.72. The van der Waals surface area contributed by atoms with Gasteiger partial charge in [-0.3, -0.25) is 4.90 Å². The summed E-state index contributed by atoms with van der Waals surface area (Å²) in [6.45, 7) is 8.95. The van der Waals surface area contributed by atoms with Crippen LogP contribution in [-0.2, 0) is 6.54 Å². The normalized spacial score (nSPS) is 19.7. The molecule has 2 aromatic rings. The van der Waals surface area contributed by atoms with Crippen molar-refractivity contribution in [1.29, 1.82) is 0 Å². The Morgan fingerprint density at radius 3 is 2.90 bits per heavy atom. The van der Waals surface area contributed by atoms with E-state index in [0.29, 0.717) is 6.04 Å². The van der Waals surface area contributed by atoms with Crippen molar-refractivity contribution >= 4 is 11.0 Å². The van der Waals surface area contributed by atoms with Crippen LogP contribution in [0, 0.1) is 5.92 Å². The number of fused-ring (bicyclic) bond motifs is 1. The summed E-state index contributed by atoms with van der Waals surface area (Å²) >= 11 is 0. The Bertz CT molecular complexity index is 536. The van der Waals surface area contributed by atoms with E-state index in [1.54, 1.807) is 0 Å². The molecule has 1 unspecified atom stereocenters. The molecule has 4 nitrogen and oxygen atoms in total. The van der Waals surface area contributed by atoms with Crippen LogP contribution < -0.4 is 5.32 Å². The minimum Gasteiger partial charge on any atom is -0.341 e. The van der Waals surface area contributed by atoms with Crippen molar-refractivity contribution in [3.05, 3.63) is 30.1 Å². The van der Waals surface area contributed by atoms with Crippen molar-refractivity contribution in [1.82, 2.24) is 20.2 Å². The number of imidazole rings is 1. The van der Waals surface area contributed by atoms with Crippen molar-refractivity contribution in [2.24, 2.45) is 5.92 Å². The van der Waals surface area contributed by atoms with Crippen LogP contribution in [0.5, 0.6) is 0 Å². The Kier molecular flexibility index (Phi) is 4.56. The van der Waals surface area contributed by atoms with Gasteiger partial charge in [0.25, 0.3) is 0 Å². The summed E-state index contributed by atoms with van der Waals surface area (Å²) in [5.74, 6) is 1.85. The molecule has 1 saturated heterocycles. The van der Waals surface area contributed by atoms with Gasteiger partial charge in [-0.15, -0.1) is 0 Å². The number of para-hydroxylation sites is 2. The van der Waals surface area contributed by atoms with Gasteiger partial charge >= 0.3 is 0 Å². The van der Waals surface area contributed by atoms with Gasteiger partial charge in [-0.1, -0.05) is 12.1 Å². The van der Waals surface area contributed by atoms with E-state index in [1.165, 1.54) is 19.4 Å². The first-order valence-corrected chi connectivity index (χ1v) is 8.11. The standard InChI is InChI=1S/C17H26N4/c1-13(2)21(11-14-6-5-9-18-10-14)12-17-19-15-7-3-4-8-16(15)20-17/h3-4,7-8,13-14,18H,5-6,9-12H2,1-2H3,(H,19,20). The van der Waals surface area contributed by atoms with E-state index in [1.807, 2.05) is 6.07 Å². The fourth-order valence-corrected chi connectivity index (χ4v) is 3.14. The summed E-state index contributed by atoms with van der Waals surface area (Å²) in [5, 5.41) is 3.51. The number of aromatic amines is 1. The molecule has 1 aromatic heterocycles. The molecule has 21 heavy (non-hydrogen) atoms. The van der Waals surface area contributed by atoms with Crippen LogP contribution in [0.2, 0.25) is 0 Å². The Labute approximate surface area is 126 Å². The molecule has 1 fully saturated rings. The van der Waals surface area contributed by atoms with Crippen LogP contribution in [-0.4, -0.2) is 40.5 Å². The minimum atomic E-state index is 0.542. The molecule has 2 heterocycles. The highest BCUT2D eigenvalue weighted by atomic mass is 15.2. The number of benzene rings is 1. The molecule has 3 rings (SSSR count). The predicted molar refractivity (Wildman–Crippen MR) is 87.2 cm³/mol. The highest BCUT2D eigenvalue weighted by Gasteiger charge is 2.20. The zero-order valence-electron chi connectivity index (χ0n) is 13.1. The van der Waals surface area contributed by atoms with Crippen LogP contribution >= 0.6 is 0 Å². The lowest BCUT2D eigenvalue weighted by Crippen LogP contribution is -2.41. The van der Waals surface area contributed by atoms with Crippen LogP contribution in [0.15, 0.2) is 24.3 Å². The van der Waals surface area contributed by atoms with Crippen LogP contribution in [0.4, 0.5) is 0 Å². The first-order chi connectivity index (χ1) is 10.2. The fraction of sp³-hybridized carbons (Fsp3) is 0.588. The van der Waals surface area contributed by atoms with E-state index in [4.69, 9.17) is 4.98 Å². The van der Waals surface area contributed by atoms with Crippen molar-refractivity contribution in [2.75, 3.05) is 19.6 Å². The van der Waals surface area contributed by atoms with Gasteiger partial charge in [-0.05, 0) is 57.8 Å². The second-order valence-corrected chi connectivity index (χ2v) is 6.44. The summed E-state index contributed by atoms with van der Waals surface area (Å²) in [6, 6.07) is 8.80. The molecule has 0 amide bonds. The number of hydrogen-bond donors (Lipinski definition) is 2. The number of aromatic nitrogens is 2. The number of piperidine rings is 1. The summed E-state index contributed by atoms with van der Waals surface area (Å²) in [5.41, 5.74) is 2.20. The number of nitrogens with zero attached hydrogens (tertiary/aromatic N) is 2. The average Bonchev–Trinajstić information content (AvgIpc) is 2.90. The van der Waals surface area contributed by atoms with Gasteiger partial charge in [0.1, 0.15) is 5.82 Å². The van der Waals surface area contributed by atoms with Crippen molar-refractivity contribution in [2.45, 2.75) is 39.3 Å². The molecule has 0 radical (unpaired) electrons. The lowest BCUT2D eigenvalue weighted by molar-refractivity contribution is 0.161. The van der Waals surface area contributed by atoms with Gasteiger partial charge < -0.3 is 10.3 Å². The first kappa shape index (κ1) is 14.5. The maximum Gasteiger partial charge on any atom is 0.121 e. The van der Waals surface area contributed by atoms with Gasteiger partial charge in [0.2, 0.25) is 0 Å². The van der Waals surface area contributed by atoms with Crippen molar-refractivity contribution in [3.63, 3.8) is 0 Å². The van der Waals surface area contributed by atoms with Crippen molar-refractivity contribution in [3.8, 4) is 0 Å². The third-order valence-electron chi connectivity index (χ3n) is 4.41. The molecule has 0 spiro atoms. The van der Waals surface area contributed by atoms with E-state index < -0.39 is 0 Å². The smallest absolute Gasteiger partial charge is 0.121 e. The number of H-pyrrole nitrogens is 1. The van der Waals surface area contributed by atoms with E-state index in [9.17, 15) is 0 Å². The second-order valence-electron chi connectivity index (χ2n) is 6.44. The first-order valence-electron chi connectivity index (χ1n) is 8.11. The molecular formula is C17H26N4. The van der Waals surface area contributed by atoms with E-state index in [-0.39, 0.29) is 0 Å². The third kappa shape index (κ3) is 3.63. The Hall–Kier alpha value is -1.39. The zero-order chi connectivity index (χ0) is 14.7. The van der Waals surface area contributed by atoms with E-state index in [2.05, 4.69) is 47.2 Å². The highest BCUT2D eigenvalue weighted by molar-refractivity contribution is 5.74. The van der Waals surface area contributed by atoms with E-state index >= 15 is 0 Å². The Morgan fingerprint density at radius 1 is 1.33 bits per heavy atom. The molecule has 114 valence electrons. The largest absolute Gasteiger partial charge is 0.341 e. The van der Waals surface area contributed by atoms with Gasteiger partial charge in [-0.25, -0.2) is 4.98 Å². The molecule has 2 N–H and O–H groups in total. The molecule has 1 aliphatic rings. The predicted octanol–water partition coefficient (Wildman–Crippen LogP) is 2.77. The number of hydrogen-bond acceptors (Lipinski definition) is 3. The third-order valence-corrected chi connectivity index (χ3v) is 4.41. The van der Waals surface area contributed by atoms with E-state index in [0.717, 1.165) is 42.4 Å². The van der Waals surface area contributed by atoms with Gasteiger partial charge in [0.15, 0.2) is 0 Å². The lowest BCUT2D eigenvalue weighted by atomic mass is 9.98. The molecule has 4 heteroatoms. The quantitative estimate of drug-likeness (QED) is 0.888. The summed E-state index contributed by atoms with van der Waals surface area (Å²) in [7, 11) is 0. The molecular weight excluding hydrogens is 260 g/mol. The molecule has 1 atom stereocenters. The van der Waals surface area contributed by atoms with Crippen LogP contribution in [0.1, 0.15) is 32.5 Å². The lowest BCUT2D eigenvalue weighted by Gasteiger charge is -2.32. The van der Waals surface area contributed by atoms with Gasteiger partial charge in [0.05, 0.1) is 17.6 Å². The Morgan fingerprint density at radius 2 is 2.19 bits per heavy atom. The second kappa shape index (κ2) is 6.58. The van der Waals surface area contributed by atoms with Gasteiger partial charge in [-0.2, -0.15) is 0 Å². The number of nitrogens with one attached hydrogen (secondary N) is 2.